The highest BCUT2D eigenvalue weighted by atomic mass is 32.2. The summed E-state index contributed by atoms with van der Waals surface area (Å²) in [6.45, 7) is 4.81. The minimum absolute atomic E-state index is 0.00167. The average molecular weight is 507 g/mol. The van der Waals surface area contributed by atoms with E-state index >= 15 is 0 Å². The molecule has 4 aliphatic rings. The molecule has 11 heteroatoms. The van der Waals surface area contributed by atoms with Gasteiger partial charge in [-0.25, -0.2) is 8.78 Å². The van der Waals surface area contributed by atoms with Crippen molar-refractivity contribution in [3.63, 3.8) is 0 Å². The normalized spacial score (nSPS) is 28.4. The summed E-state index contributed by atoms with van der Waals surface area (Å²) in [5.74, 6) is -0.389. The molecule has 4 atom stereocenters. The number of benzene rings is 1. The van der Waals surface area contributed by atoms with E-state index in [0.717, 1.165) is 6.42 Å². The Morgan fingerprint density at radius 3 is 2.71 bits per heavy atom. The van der Waals surface area contributed by atoms with Gasteiger partial charge in [-0.3, -0.25) is 15.0 Å². The van der Waals surface area contributed by atoms with E-state index in [2.05, 4.69) is 15.4 Å². The number of anilines is 1. The van der Waals surface area contributed by atoms with E-state index < -0.39 is 6.17 Å². The van der Waals surface area contributed by atoms with Gasteiger partial charge < -0.3 is 19.6 Å². The van der Waals surface area contributed by atoms with Gasteiger partial charge in [0.25, 0.3) is 0 Å². The molecule has 190 valence electrons. The molecule has 8 nitrogen and oxygen atoms in total. The van der Waals surface area contributed by atoms with E-state index in [-0.39, 0.29) is 48.1 Å². The topological polar surface area (TPSA) is 71.5 Å². The maximum absolute atomic E-state index is 14.2. The number of rotatable bonds is 5. The number of carbonyl (C=O) groups is 2. The molecule has 1 aliphatic carbocycles. The number of nitrogens with one attached hydrogen (secondary N) is 1. The quantitative estimate of drug-likeness (QED) is 0.662. The van der Waals surface area contributed by atoms with Crippen LogP contribution in [0.25, 0.3) is 0 Å². The van der Waals surface area contributed by atoms with E-state index in [9.17, 15) is 18.4 Å². The summed E-state index contributed by atoms with van der Waals surface area (Å²) in [5, 5.41) is 5.17. The Morgan fingerprint density at radius 2 is 1.97 bits per heavy atom. The highest BCUT2D eigenvalue weighted by Gasteiger charge is 2.52. The number of hydrazone groups is 1. The van der Waals surface area contributed by atoms with Gasteiger partial charge in [0.2, 0.25) is 11.8 Å². The van der Waals surface area contributed by atoms with Crippen molar-refractivity contribution in [3.8, 4) is 0 Å². The highest BCUT2D eigenvalue weighted by Crippen LogP contribution is 2.39. The van der Waals surface area contributed by atoms with Crippen molar-refractivity contribution in [3.05, 3.63) is 30.1 Å². The lowest BCUT2D eigenvalue weighted by atomic mass is 9.80. The maximum atomic E-state index is 14.2. The number of piperazine rings is 1. The Balaban J connectivity index is 1.20. The van der Waals surface area contributed by atoms with Crippen LogP contribution in [0.1, 0.15) is 32.6 Å². The fraction of sp³-hybridized carbons (Fsp3) is 0.625. The van der Waals surface area contributed by atoms with Crippen LogP contribution >= 0.6 is 11.8 Å². The van der Waals surface area contributed by atoms with Crippen LogP contribution in [0, 0.1) is 11.7 Å². The third-order valence-corrected chi connectivity index (χ3v) is 8.33. The van der Waals surface area contributed by atoms with Crippen LogP contribution in [-0.4, -0.2) is 88.7 Å². The van der Waals surface area contributed by atoms with Crippen molar-refractivity contribution in [2.75, 3.05) is 43.4 Å². The van der Waals surface area contributed by atoms with Gasteiger partial charge in [-0.15, -0.1) is 0 Å². The van der Waals surface area contributed by atoms with Crippen LogP contribution in [0.4, 0.5) is 14.5 Å². The minimum Gasteiger partial charge on any atom is -0.366 e. The third-order valence-electron chi connectivity index (χ3n) is 7.38. The summed E-state index contributed by atoms with van der Waals surface area (Å²) < 4.78 is 28.3. The molecule has 0 radical (unpaired) electrons. The number of amides is 2. The lowest BCUT2D eigenvalue weighted by Crippen LogP contribution is -2.67. The molecular formula is C24H32F2N6O2S. The molecule has 2 saturated heterocycles. The Kier molecular flexibility index (Phi) is 7.04. The number of para-hydroxylation sites is 1. The van der Waals surface area contributed by atoms with Gasteiger partial charge >= 0.3 is 0 Å². The van der Waals surface area contributed by atoms with Gasteiger partial charge in [0.15, 0.2) is 11.5 Å². The number of thioether (sulfide) groups is 1. The maximum Gasteiger partial charge on any atom is 0.233 e. The van der Waals surface area contributed by atoms with Crippen LogP contribution in [0.2, 0.25) is 0 Å². The molecule has 0 bridgehead atoms. The summed E-state index contributed by atoms with van der Waals surface area (Å²) >= 11 is 1.37. The molecule has 1 saturated carbocycles. The number of halogens is 2. The first-order chi connectivity index (χ1) is 17.0. The number of amidine groups is 1. The predicted octanol–water partition coefficient (Wildman–Crippen LogP) is 2.43. The average Bonchev–Trinajstić information content (AvgIpc) is 3.29. The molecule has 4 unspecified atom stereocenters. The Bertz CT molecular complexity index is 989. The molecular weight excluding hydrogens is 474 g/mol. The predicted molar refractivity (Wildman–Crippen MR) is 132 cm³/mol. The zero-order chi connectivity index (χ0) is 24.5. The standard InChI is InChI=1S/C24H32F2N6O2S/c1-2-9-31-22(34)17-14-16(25)7-8-19(17)32-23(31)27-28-24(32)35-15-21(33)30-12-10-29(11-13-30)20-6-4-3-5-18(20)26/h3-6,16-17,19,23,27H,2,7-15H2,1H3. The van der Waals surface area contributed by atoms with E-state index in [1.807, 2.05) is 22.8 Å². The van der Waals surface area contributed by atoms with Gasteiger partial charge in [0.05, 0.1) is 17.4 Å². The zero-order valence-corrected chi connectivity index (χ0v) is 20.7. The van der Waals surface area contributed by atoms with Gasteiger partial charge in [0, 0.05) is 38.8 Å². The lowest BCUT2D eigenvalue weighted by molar-refractivity contribution is -0.156. The van der Waals surface area contributed by atoms with Crippen LogP contribution in [0.5, 0.6) is 0 Å². The molecule has 3 aliphatic heterocycles. The molecule has 5 rings (SSSR count). The molecule has 2 amide bonds. The lowest BCUT2D eigenvalue weighted by Gasteiger charge is -2.50. The van der Waals surface area contributed by atoms with E-state index in [0.29, 0.717) is 56.4 Å². The highest BCUT2D eigenvalue weighted by molar-refractivity contribution is 8.14. The molecule has 3 heterocycles. The van der Waals surface area contributed by atoms with Crippen molar-refractivity contribution in [1.82, 2.24) is 20.1 Å². The summed E-state index contributed by atoms with van der Waals surface area (Å²) in [7, 11) is 0. The molecule has 1 N–H and O–H groups in total. The summed E-state index contributed by atoms with van der Waals surface area (Å²) in [6, 6.07) is 6.60. The van der Waals surface area contributed by atoms with Gasteiger partial charge in [-0.05, 0) is 37.8 Å². The van der Waals surface area contributed by atoms with E-state index in [1.165, 1.54) is 17.8 Å². The number of fused-ring (bicyclic) bond motifs is 3. The van der Waals surface area contributed by atoms with Gasteiger partial charge in [-0.2, -0.15) is 5.10 Å². The second kappa shape index (κ2) is 10.2. The van der Waals surface area contributed by atoms with Crippen molar-refractivity contribution in [1.29, 1.82) is 0 Å². The second-order valence-corrected chi connectivity index (χ2v) is 10.5. The molecule has 35 heavy (non-hydrogen) atoms. The Labute approximate surface area is 208 Å². The van der Waals surface area contributed by atoms with Gasteiger partial charge in [-0.1, -0.05) is 30.8 Å². The first-order valence-corrected chi connectivity index (χ1v) is 13.4. The number of alkyl halides is 1. The third kappa shape index (κ3) is 4.66. The summed E-state index contributed by atoms with van der Waals surface area (Å²) in [4.78, 5) is 33.7. The molecule has 0 aromatic heterocycles. The first-order valence-electron chi connectivity index (χ1n) is 12.4. The van der Waals surface area contributed by atoms with Crippen LogP contribution in [0.15, 0.2) is 29.4 Å². The van der Waals surface area contributed by atoms with Crippen molar-refractivity contribution in [2.45, 2.75) is 51.1 Å². The van der Waals surface area contributed by atoms with Gasteiger partial charge in [0.1, 0.15) is 12.0 Å². The molecule has 1 aromatic carbocycles. The summed E-state index contributed by atoms with van der Waals surface area (Å²) in [6.07, 6.45) is 0.759. The largest absolute Gasteiger partial charge is 0.366 e. The Hall–Kier alpha value is -2.56. The van der Waals surface area contributed by atoms with Crippen molar-refractivity contribution in [2.24, 2.45) is 11.0 Å². The Morgan fingerprint density at radius 1 is 1.20 bits per heavy atom. The smallest absolute Gasteiger partial charge is 0.233 e. The van der Waals surface area contributed by atoms with Crippen molar-refractivity contribution >= 4 is 34.4 Å². The second-order valence-electron chi connectivity index (χ2n) is 9.53. The number of hydrogen-bond donors (Lipinski definition) is 1. The number of carbonyl (C=O) groups excluding carboxylic acids is 2. The van der Waals surface area contributed by atoms with E-state index in [1.54, 1.807) is 17.0 Å². The van der Waals surface area contributed by atoms with Crippen LogP contribution < -0.4 is 10.3 Å². The van der Waals surface area contributed by atoms with Crippen LogP contribution in [0.3, 0.4) is 0 Å². The van der Waals surface area contributed by atoms with Crippen molar-refractivity contribution < 1.29 is 18.4 Å². The van der Waals surface area contributed by atoms with E-state index in [4.69, 9.17) is 0 Å². The number of nitrogens with zero attached hydrogens (tertiary/aromatic N) is 5. The molecule has 3 fully saturated rings. The summed E-state index contributed by atoms with van der Waals surface area (Å²) in [5.41, 5.74) is 3.66. The molecule has 1 aromatic rings. The first kappa shape index (κ1) is 24.1. The molecule has 0 spiro atoms. The number of hydrogen-bond acceptors (Lipinski definition) is 7. The fourth-order valence-corrected chi connectivity index (χ4v) is 6.56. The van der Waals surface area contributed by atoms with Crippen LogP contribution in [-0.2, 0) is 9.59 Å². The SMILES string of the molecule is CCCN1C(=O)C2CC(F)CCC2N2C(SCC(=O)N3CCN(c4ccccc4F)CC3)=NNC12. The zero-order valence-electron chi connectivity index (χ0n) is 19.9. The monoisotopic (exact) mass is 506 g/mol. The fourth-order valence-electron chi connectivity index (χ4n) is 5.62. The minimum atomic E-state index is -0.951.